The summed E-state index contributed by atoms with van der Waals surface area (Å²) < 4.78 is 24.7. The van der Waals surface area contributed by atoms with Gasteiger partial charge in [-0.05, 0) is 38.5 Å². The molecule has 2 fully saturated rings. The molecule has 2 N–H and O–H groups in total. The third-order valence-corrected chi connectivity index (χ3v) is 6.71. The average molecular weight is 368 g/mol. The van der Waals surface area contributed by atoms with Crippen molar-refractivity contribution in [2.24, 2.45) is 5.92 Å². The van der Waals surface area contributed by atoms with Gasteiger partial charge < -0.3 is 10.6 Å². The Hall–Kier alpha value is -1.41. The Kier molecular flexibility index (Phi) is 5.48. The van der Waals surface area contributed by atoms with Crippen LogP contribution in [0, 0.1) is 12.8 Å². The summed E-state index contributed by atoms with van der Waals surface area (Å²) in [6.07, 6.45) is 8.39. The van der Waals surface area contributed by atoms with Crippen molar-refractivity contribution in [3.63, 3.8) is 0 Å². The van der Waals surface area contributed by atoms with Gasteiger partial charge in [-0.25, -0.2) is 17.7 Å². The molecule has 0 unspecified atom stereocenters. The maximum absolute atomic E-state index is 11.6. The topological polar surface area (TPSA) is 87.2 Å². The van der Waals surface area contributed by atoms with Crippen molar-refractivity contribution in [3.05, 3.63) is 11.8 Å². The molecule has 25 heavy (non-hydrogen) atoms. The molecule has 7 nitrogen and oxygen atoms in total. The van der Waals surface area contributed by atoms with Crippen LogP contribution in [0.2, 0.25) is 0 Å². The van der Waals surface area contributed by atoms with Crippen LogP contribution in [0.5, 0.6) is 0 Å². The zero-order valence-corrected chi connectivity index (χ0v) is 16.1. The van der Waals surface area contributed by atoms with Crippen LogP contribution in [0.4, 0.5) is 11.8 Å². The van der Waals surface area contributed by atoms with Gasteiger partial charge >= 0.3 is 0 Å². The maximum atomic E-state index is 11.6. The van der Waals surface area contributed by atoms with Gasteiger partial charge in [0.1, 0.15) is 5.82 Å². The van der Waals surface area contributed by atoms with Crippen LogP contribution in [0.15, 0.2) is 6.20 Å². The summed E-state index contributed by atoms with van der Waals surface area (Å²) >= 11 is 0. The van der Waals surface area contributed by atoms with E-state index in [-0.39, 0.29) is 6.04 Å². The molecule has 0 radical (unpaired) electrons. The SMILES string of the molecule is Cc1cnc(NC2CCN(S(C)(=O)=O)CC2)nc1N[C@@H]1CCC[C@@H]1C. The van der Waals surface area contributed by atoms with Crippen LogP contribution >= 0.6 is 0 Å². The fraction of sp³-hybridized carbons (Fsp3) is 0.765. The lowest BCUT2D eigenvalue weighted by Gasteiger charge is -2.30. The first kappa shape index (κ1) is 18.4. The first-order valence-electron chi connectivity index (χ1n) is 9.15. The van der Waals surface area contributed by atoms with Crippen molar-refractivity contribution < 1.29 is 8.42 Å². The van der Waals surface area contributed by atoms with Gasteiger partial charge in [-0.15, -0.1) is 0 Å². The third kappa shape index (κ3) is 4.61. The molecule has 2 atom stereocenters. The highest BCUT2D eigenvalue weighted by Gasteiger charge is 2.26. The molecule has 0 spiro atoms. The summed E-state index contributed by atoms with van der Waals surface area (Å²) in [6.45, 7) is 5.41. The molecule has 1 aromatic heterocycles. The monoisotopic (exact) mass is 367 g/mol. The molecular formula is C17H29N5O2S. The number of nitrogens with zero attached hydrogens (tertiary/aromatic N) is 3. The van der Waals surface area contributed by atoms with Gasteiger partial charge in [0, 0.05) is 36.9 Å². The molecule has 140 valence electrons. The predicted molar refractivity (Wildman–Crippen MR) is 100 cm³/mol. The number of sulfonamides is 1. The van der Waals surface area contributed by atoms with Crippen molar-refractivity contribution in [1.29, 1.82) is 0 Å². The minimum atomic E-state index is -3.09. The zero-order chi connectivity index (χ0) is 18.0. The smallest absolute Gasteiger partial charge is 0.224 e. The van der Waals surface area contributed by atoms with Crippen molar-refractivity contribution in [1.82, 2.24) is 14.3 Å². The molecule has 0 bridgehead atoms. The summed E-state index contributed by atoms with van der Waals surface area (Å²) in [5, 5.41) is 6.96. The number of aryl methyl sites for hydroxylation is 1. The first-order valence-corrected chi connectivity index (χ1v) is 11.0. The van der Waals surface area contributed by atoms with E-state index in [2.05, 4.69) is 27.5 Å². The Balaban J connectivity index is 1.61. The van der Waals surface area contributed by atoms with E-state index in [1.807, 2.05) is 13.1 Å². The summed E-state index contributed by atoms with van der Waals surface area (Å²) in [5.41, 5.74) is 1.05. The molecule has 1 saturated carbocycles. The highest BCUT2D eigenvalue weighted by atomic mass is 32.2. The number of rotatable bonds is 5. The molecule has 0 aromatic carbocycles. The van der Waals surface area contributed by atoms with E-state index in [0.29, 0.717) is 31.0 Å². The van der Waals surface area contributed by atoms with Crippen LogP contribution in [-0.4, -0.2) is 54.1 Å². The lowest BCUT2D eigenvalue weighted by Crippen LogP contribution is -2.42. The standard InChI is InChI=1S/C17H29N5O2S/c1-12-5-4-6-15(12)20-16-13(2)11-18-17(21-16)19-14-7-9-22(10-8-14)25(3,23)24/h11-12,14-15H,4-10H2,1-3H3,(H2,18,19,20,21)/t12-,15+/m0/s1. The van der Waals surface area contributed by atoms with Crippen LogP contribution in [-0.2, 0) is 10.0 Å². The fourth-order valence-corrected chi connectivity index (χ4v) is 4.58. The fourth-order valence-electron chi connectivity index (χ4n) is 3.71. The largest absolute Gasteiger partial charge is 0.367 e. The van der Waals surface area contributed by atoms with E-state index >= 15 is 0 Å². The molecule has 1 aliphatic carbocycles. The molecule has 1 aliphatic heterocycles. The van der Waals surface area contributed by atoms with Gasteiger partial charge in [0.15, 0.2) is 0 Å². The number of hydrogen-bond donors (Lipinski definition) is 2. The second-order valence-corrected chi connectivity index (χ2v) is 9.45. The Bertz CT molecular complexity index is 701. The number of hydrogen-bond acceptors (Lipinski definition) is 6. The molecule has 2 heterocycles. The van der Waals surface area contributed by atoms with Crippen LogP contribution < -0.4 is 10.6 Å². The Morgan fingerprint density at radius 2 is 1.88 bits per heavy atom. The van der Waals surface area contributed by atoms with Crippen molar-refractivity contribution >= 4 is 21.8 Å². The Morgan fingerprint density at radius 1 is 1.16 bits per heavy atom. The Morgan fingerprint density at radius 3 is 2.48 bits per heavy atom. The minimum absolute atomic E-state index is 0.207. The summed E-state index contributed by atoms with van der Waals surface area (Å²) in [5.74, 6) is 2.20. The van der Waals surface area contributed by atoms with E-state index in [1.54, 1.807) is 0 Å². The van der Waals surface area contributed by atoms with Gasteiger partial charge in [-0.2, -0.15) is 4.98 Å². The van der Waals surface area contributed by atoms with Gasteiger partial charge in [0.2, 0.25) is 16.0 Å². The maximum Gasteiger partial charge on any atom is 0.224 e. The van der Waals surface area contributed by atoms with Crippen molar-refractivity contribution in [2.45, 2.75) is 58.0 Å². The van der Waals surface area contributed by atoms with Crippen LogP contribution in [0.25, 0.3) is 0 Å². The second-order valence-electron chi connectivity index (χ2n) is 7.46. The van der Waals surface area contributed by atoms with Gasteiger partial charge in [0.05, 0.1) is 6.26 Å². The first-order chi connectivity index (χ1) is 11.8. The Labute approximate surface area is 150 Å². The second kappa shape index (κ2) is 7.45. The van der Waals surface area contributed by atoms with E-state index < -0.39 is 10.0 Å². The molecule has 1 saturated heterocycles. The molecule has 0 amide bonds. The van der Waals surface area contributed by atoms with Gasteiger partial charge in [0.25, 0.3) is 0 Å². The lowest BCUT2D eigenvalue weighted by atomic mass is 10.1. The zero-order valence-electron chi connectivity index (χ0n) is 15.3. The van der Waals surface area contributed by atoms with Gasteiger partial charge in [-0.1, -0.05) is 13.3 Å². The molecule has 1 aromatic rings. The number of aromatic nitrogens is 2. The third-order valence-electron chi connectivity index (χ3n) is 5.41. The minimum Gasteiger partial charge on any atom is -0.367 e. The normalized spacial score (nSPS) is 25.9. The van der Waals surface area contributed by atoms with Gasteiger partial charge in [-0.3, -0.25) is 0 Å². The highest BCUT2D eigenvalue weighted by molar-refractivity contribution is 7.88. The molecule has 2 aliphatic rings. The van der Waals surface area contributed by atoms with E-state index in [9.17, 15) is 8.42 Å². The number of nitrogens with one attached hydrogen (secondary N) is 2. The molecular weight excluding hydrogens is 338 g/mol. The predicted octanol–water partition coefficient (Wildman–Crippen LogP) is 2.22. The van der Waals surface area contributed by atoms with Crippen molar-refractivity contribution in [2.75, 3.05) is 30.0 Å². The summed E-state index contributed by atoms with van der Waals surface area (Å²) in [6, 6.07) is 0.693. The molecule has 3 rings (SSSR count). The number of piperidine rings is 1. The highest BCUT2D eigenvalue weighted by Crippen LogP contribution is 2.28. The van der Waals surface area contributed by atoms with Crippen molar-refractivity contribution in [3.8, 4) is 0 Å². The van der Waals surface area contributed by atoms with Crippen LogP contribution in [0.3, 0.4) is 0 Å². The van der Waals surface area contributed by atoms with E-state index in [4.69, 9.17) is 0 Å². The lowest BCUT2D eigenvalue weighted by molar-refractivity contribution is 0.331. The molecule has 8 heteroatoms. The summed E-state index contributed by atoms with van der Waals surface area (Å²) in [7, 11) is -3.09. The number of anilines is 2. The van der Waals surface area contributed by atoms with E-state index in [1.165, 1.54) is 29.8 Å². The summed E-state index contributed by atoms with van der Waals surface area (Å²) in [4.78, 5) is 9.07. The average Bonchev–Trinajstić information content (AvgIpc) is 2.95. The van der Waals surface area contributed by atoms with Crippen LogP contribution in [0.1, 0.15) is 44.6 Å². The quantitative estimate of drug-likeness (QED) is 0.830. The van der Waals surface area contributed by atoms with E-state index in [0.717, 1.165) is 24.2 Å².